The third-order valence-corrected chi connectivity index (χ3v) is 5.04. The molecule has 2 aromatic rings. The number of carbonyl (C=O) groups excluding carboxylic acids is 1. The molecule has 0 spiro atoms. The lowest BCUT2D eigenvalue weighted by atomic mass is 9.78. The molecule has 1 aliphatic carbocycles. The zero-order valence-electron chi connectivity index (χ0n) is 15.3. The number of aromatic nitrogens is 2. The first-order chi connectivity index (χ1) is 12.3. The number of Topliss-reactive ketones (excluding diaryl/α,β-unsaturated/α-hetero) is 1. The minimum absolute atomic E-state index is 0.0136. The number of pyridine rings is 1. The van der Waals surface area contributed by atoms with E-state index in [2.05, 4.69) is 5.10 Å². The number of hydrogen-bond donors (Lipinski definition) is 1. The molecule has 0 aliphatic heterocycles. The molecule has 0 bridgehead atoms. The number of alkyl halides is 2. The van der Waals surface area contributed by atoms with Gasteiger partial charge >= 0.3 is 0 Å². The molecule has 0 saturated heterocycles. The smallest absolute Gasteiger partial charge is 0.280 e. The molecular formula is C20H26F2N2O2. The molecule has 3 rings (SSSR count). The van der Waals surface area contributed by atoms with Crippen molar-refractivity contribution in [2.45, 2.75) is 76.7 Å². The minimum Gasteiger partial charge on any atom is -0.390 e. The van der Waals surface area contributed by atoms with Gasteiger partial charge in [0, 0.05) is 18.4 Å². The number of fused-ring (bicyclic) bond motifs is 1. The maximum atomic E-state index is 13.3. The van der Waals surface area contributed by atoms with E-state index >= 15 is 0 Å². The van der Waals surface area contributed by atoms with E-state index in [1.807, 2.05) is 6.07 Å². The van der Waals surface area contributed by atoms with E-state index < -0.39 is 12.0 Å². The standard InChI is InChI=1S/C20H26F2N2O2/c1-20(2,26)12-14(25)8-4-9-15-18(13-6-3-7-13)16-10-5-11-17(19(21)22)24(16)23-15/h5,10-11,13,19,26H,3-4,6-9,12H2,1-2H3. The molecule has 0 aromatic carbocycles. The molecule has 2 aromatic heterocycles. The Labute approximate surface area is 152 Å². The average Bonchev–Trinajstić information content (AvgIpc) is 2.82. The number of halogens is 2. The summed E-state index contributed by atoms with van der Waals surface area (Å²) < 4.78 is 28.0. The highest BCUT2D eigenvalue weighted by Gasteiger charge is 2.28. The first-order valence-electron chi connectivity index (χ1n) is 9.29. The fourth-order valence-electron chi connectivity index (χ4n) is 3.67. The van der Waals surface area contributed by atoms with Gasteiger partial charge in [-0.2, -0.15) is 5.10 Å². The van der Waals surface area contributed by atoms with Crippen molar-refractivity contribution in [2.24, 2.45) is 0 Å². The van der Waals surface area contributed by atoms with E-state index in [1.165, 1.54) is 10.6 Å². The van der Waals surface area contributed by atoms with Gasteiger partial charge in [0.05, 0.1) is 16.8 Å². The van der Waals surface area contributed by atoms with Crippen molar-refractivity contribution >= 4 is 11.3 Å². The Morgan fingerprint density at radius 2 is 2.12 bits per heavy atom. The molecule has 1 saturated carbocycles. The maximum Gasteiger partial charge on any atom is 0.280 e. The summed E-state index contributed by atoms with van der Waals surface area (Å²) in [5, 5.41) is 14.2. The van der Waals surface area contributed by atoms with E-state index in [9.17, 15) is 18.7 Å². The minimum atomic E-state index is -2.57. The van der Waals surface area contributed by atoms with Crippen molar-refractivity contribution in [3.05, 3.63) is 35.2 Å². The van der Waals surface area contributed by atoms with Gasteiger partial charge in [-0.1, -0.05) is 12.5 Å². The molecule has 4 nitrogen and oxygen atoms in total. The van der Waals surface area contributed by atoms with E-state index in [-0.39, 0.29) is 17.9 Å². The molecule has 0 unspecified atom stereocenters. The highest BCUT2D eigenvalue weighted by Crippen LogP contribution is 2.41. The van der Waals surface area contributed by atoms with Gasteiger partial charge in [0.25, 0.3) is 6.43 Å². The van der Waals surface area contributed by atoms with Crippen LogP contribution in [0.25, 0.3) is 5.52 Å². The highest BCUT2D eigenvalue weighted by atomic mass is 19.3. The summed E-state index contributed by atoms with van der Waals surface area (Å²) in [5.74, 6) is 0.391. The predicted octanol–water partition coefficient (Wildman–Crippen LogP) is 4.59. The second-order valence-corrected chi connectivity index (χ2v) is 7.92. The van der Waals surface area contributed by atoms with Crippen LogP contribution in [0.2, 0.25) is 0 Å². The quantitative estimate of drug-likeness (QED) is 0.745. The number of aliphatic hydroxyl groups is 1. The van der Waals surface area contributed by atoms with E-state index in [4.69, 9.17) is 0 Å². The maximum absolute atomic E-state index is 13.3. The van der Waals surface area contributed by atoms with Crippen molar-refractivity contribution in [3.8, 4) is 0 Å². The Hall–Kier alpha value is -1.82. The fourth-order valence-corrected chi connectivity index (χ4v) is 3.67. The van der Waals surface area contributed by atoms with Gasteiger partial charge in [0.15, 0.2) is 0 Å². The molecule has 26 heavy (non-hydrogen) atoms. The first-order valence-corrected chi connectivity index (χ1v) is 9.29. The average molecular weight is 364 g/mol. The summed E-state index contributed by atoms with van der Waals surface area (Å²) in [5.41, 5.74) is 1.59. The van der Waals surface area contributed by atoms with Crippen molar-refractivity contribution in [1.82, 2.24) is 9.61 Å². The Morgan fingerprint density at radius 1 is 1.38 bits per heavy atom. The van der Waals surface area contributed by atoms with Gasteiger partial charge in [0.1, 0.15) is 11.5 Å². The van der Waals surface area contributed by atoms with Gasteiger partial charge in [-0.05, 0) is 57.6 Å². The van der Waals surface area contributed by atoms with Gasteiger partial charge in [0.2, 0.25) is 0 Å². The molecule has 1 fully saturated rings. The van der Waals surface area contributed by atoms with Gasteiger partial charge in [-0.25, -0.2) is 13.3 Å². The topological polar surface area (TPSA) is 54.6 Å². The molecule has 6 heteroatoms. The highest BCUT2D eigenvalue weighted by molar-refractivity contribution is 5.79. The number of aryl methyl sites for hydroxylation is 1. The molecule has 0 amide bonds. The normalized spacial score (nSPS) is 15.6. The van der Waals surface area contributed by atoms with E-state index in [1.54, 1.807) is 19.9 Å². The van der Waals surface area contributed by atoms with Crippen LogP contribution in [0.4, 0.5) is 8.78 Å². The molecule has 2 heterocycles. The first kappa shape index (κ1) is 19.0. The lowest BCUT2D eigenvalue weighted by molar-refractivity contribution is -0.122. The summed E-state index contributed by atoms with van der Waals surface area (Å²) in [4.78, 5) is 12.0. The van der Waals surface area contributed by atoms with Gasteiger partial charge in [-0.3, -0.25) is 4.79 Å². The van der Waals surface area contributed by atoms with Crippen LogP contribution in [0.3, 0.4) is 0 Å². The summed E-state index contributed by atoms with van der Waals surface area (Å²) in [6.45, 7) is 3.24. The second-order valence-electron chi connectivity index (χ2n) is 7.92. The van der Waals surface area contributed by atoms with Gasteiger partial charge in [-0.15, -0.1) is 0 Å². The number of hydrogen-bond acceptors (Lipinski definition) is 3. The molecule has 1 N–H and O–H groups in total. The number of rotatable bonds is 8. The van der Waals surface area contributed by atoms with Crippen LogP contribution < -0.4 is 0 Å². The predicted molar refractivity (Wildman–Crippen MR) is 95.6 cm³/mol. The number of carbonyl (C=O) groups is 1. The largest absolute Gasteiger partial charge is 0.390 e. The van der Waals surface area contributed by atoms with Crippen molar-refractivity contribution < 1.29 is 18.7 Å². The van der Waals surface area contributed by atoms with Crippen LogP contribution in [-0.4, -0.2) is 26.1 Å². The van der Waals surface area contributed by atoms with Crippen molar-refractivity contribution in [3.63, 3.8) is 0 Å². The SMILES string of the molecule is CC(C)(O)CC(=O)CCCc1nn2c(C(F)F)cccc2c1C1CCC1. The third kappa shape index (κ3) is 4.11. The van der Waals surface area contributed by atoms with E-state index in [0.29, 0.717) is 25.2 Å². The summed E-state index contributed by atoms with van der Waals surface area (Å²) in [6.07, 6.45) is 2.40. The summed E-state index contributed by atoms with van der Waals surface area (Å²) in [6, 6.07) is 4.93. The molecular weight excluding hydrogens is 338 g/mol. The van der Waals surface area contributed by atoms with Crippen molar-refractivity contribution in [2.75, 3.05) is 0 Å². The summed E-state index contributed by atoms with van der Waals surface area (Å²) in [7, 11) is 0. The van der Waals surface area contributed by atoms with Gasteiger partial charge < -0.3 is 5.11 Å². The monoisotopic (exact) mass is 364 g/mol. The Kier molecular flexibility index (Phi) is 5.42. The number of nitrogens with zero attached hydrogens (tertiary/aromatic N) is 2. The van der Waals surface area contributed by atoms with Crippen LogP contribution in [0.5, 0.6) is 0 Å². The Morgan fingerprint density at radius 3 is 2.69 bits per heavy atom. The van der Waals surface area contributed by atoms with Crippen molar-refractivity contribution in [1.29, 1.82) is 0 Å². The van der Waals surface area contributed by atoms with Crippen LogP contribution >= 0.6 is 0 Å². The lowest BCUT2D eigenvalue weighted by Crippen LogP contribution is -2.23. The number of ketones is 1. The van der Waals surface area contributed by atoms with Crippen LogP contribution in [0, 0.1) is 0 Å². The van der Waals surface area contributed by atoms with Crippen LogP contribution in [0.15, 0.2) is 18.2 Å². The molecule has 1 aliphatic rings. The third-order valence-electron chi connectivity index (χ3n) is 5.04. The fraction of sp³-hybridized carbons (Fsp3) is 0.600. The lowest BCUT2D eigenvalue weighted by Gasteiger charge is -2.26. The van der Waals surface area contributed by atoms with E-state index in [0.717, 1.165) is 36.0 Å². The zero-order chi connectivity index (χ0) is 18.9. The molecule has 0 atom stereocenters. The molecule has 142 valence electrons. The zero-order valence-corrected chi connectivity index (χ0v) is 15.3. The van der Waals surface area contributed by atoms with Crippen LogP contribution in [0.1, 0.15) is 81.7 Å². The Balaban J connectivity index is 1.81. The van der Waals surface area contributed by atoms with Crippen LogP contribution in [-0.2, 0) is 11.2 Å². The second kappa shape index (κ2) is 7.43. The summed E-state index contributed by atoms with van der Waals surface area (Å²) >= 11 is 0. The molecule has 0 radical (unpaired) electrons. The Bertz CT molecular complexity index is 789.